The number of hydrogen-bond donors (Lipinski definition) is 1. The van der Waals surface area contributed by atoms with Gasteiger partial charge in [0.2, 0.25) is 0 Å². The van der Waals surface area contributed by atoms with Gasteiger partial charge in [-0.1, -0.05) is 48.0 Å². The molecule has 0 bridgehead atoms. The van der Waals surface area contributed by atoms with Gasteiger partial charge in [0.1, 0.15) is 0 Å². The number of nitrogens with one attached hydrogen (secondary N) is 1. The van der Waals surface area contributed by atoms with Crippen LogP contribution in [0, 0.1) is 6.92 Å². The van der Waals surface area contributed by atoms with Crippen LogP contribution in [0.2, 0.25) is 0 Å². The summed E-state index contributed by atoms with van der Waals surface area (Å²) in [7, 11) is 0. The summed E-state index contributed by atoms with van der Waals surface area (Å²) in [5.41, 5.74) is 3.83. The number of aryl methyl sites for hydroxylation is 1. The van der Waals surface area contributed by atoms with Crippen LogP contribution in [0.5, 0.6) is 0 Å². The second-order valence-corrected chi connectivity index (χ2v) is 7.26. The van der Waals surface area contributed by atoms with Crippen LogP contribution in [0.4, 0.5) is 11.5 Å². The van der Waals surface area contributed by atoms with E-state index in [-0.39, 0.29) is 5.91 Å². The Kier molecular flexibility index (Phi) is 5.70. The van der Waals surface area contributed by atoms with Crippen molar-refractivity contribution in [1.29, 1.82) is 0 Å². The number of hydrogen-bond acceptors (Lipinski definition) is 5. The minimum Gasteiger partial charge on any atom is -0.368 e. The quantitative estimate of drug-likeness (QED) is 0.729. The van der Waals surface area contributed by atoms with E-state index in [0.29, 0.717) is 12.2 Å². The number of rotatable bonds is 5. The Hall–Kier alpha value is -3.41. The van der Waals surface area contributed by atoms with Gasteiger partial charge in [-0.3, -0.25) is 4.79 Å². The van der Waals surface area contributed by atoms with E-state index in [0.717, 1.165) is 37.6 Å². The second-order valence-electron chi connectivity index (χ2n) is 7.26. The first kappa shape index (κ1) is 18.9. The van der Waals surface area contributed by atoms with Gasteiger partial charge in [0.05, 0.1) is 0 Å². The molecule has 0 saturated carbocycles. The molecule has 29 heavy (non-hydrogen) atoms. The van der Waals surface area contributed by atoms with E-state index in [2.05, 4.69) is 55.6 Å². The van der Waals surface area contributed by atoms with E-state index < -0.39 is 0 Å². The highest BCUT2D eigenvalue weighted by atomic mass is 16.1. The van der Waals surface area contributed by atoms with Gasteiger partial charge in [-0.25, -0.2) is 0 Å². The van der Waals surface area contributed by atoms with Crippen molar-refractivity contribution in [2.75, 3.05) is 36.0 Å². The maximum atomic E-state index is 12.4. The molecule has 0 atom stereocenters. The minimum absolute atomic E-state index is 0.209. The molecule has 0 spiro atoms. The first-order chi connectivity index (χ1) is 14.2. The van der Waals surface area contributed by atoms with Gasteiger partial charge in [-0.2, -0.15) is 0 Å². The highest BCUT2D eigenvalue weighted by Gasteiger charge is 2.19. The largest absolute Gasteiger partial charge is 0.368 e. The summed E-state index contributed by atoms with van der Waals surface area (Å²) in [6, 6.07) is 22.2. The lowest BCUT2D eigenvalue weighted by molar-refractivity contribution is 0.0945. The van der Waals surface area contributed by atoms with Crippen LogP contribution in [0.1, 0.15) is 21.6 Å². The van der Waals surface area contributed by atoms with Gasteiger partial charge in [-0.15, -0.1) is 10.2 Å². The smallest absolute Gasteiger partial charge is 0.272 e. The SMILES string of the molecule is Cc1cccc(CNC(=O)c2ccc(N3CCN(c4ccccc4)CC3)nn2)c1. The van der Waals surface area contributed by atoms with E-state index in [1.165, 1.54) is 11.3 Å². The molecule has 1 amide bonds. The van der Waals surface area contributed by atoms with Gasteiger partial charge >= 0.3 is 0 Å². The predicted molar refractivity (Wildman–Crippen MR) is 115 cm³/mol. The predicted octanol–water partition coefficient (Wildman–Crippen LogP) is 3.04. The van der Waals surface area contributed by atoms with Crippen LogP contribution in [0.3, 0.4) is 0 Å². The normalized spacial score (nSPS) is 14.0. The highest BCUT2D eigenvalue weighted by Crippen LogP contribution is 2.18. The molecule has 1 fully saturated rings. The van der Waals surface area contributed by atoms with Crippen LogP contribution < -0.4 is 15.1 Å². The van der Waals surface area contributed by atoms with Crippen LogP contribution in [-0.2, 0) is 6.54 Å². The summed E-state index contributed by atoms with van der Waals surface area (Å²) in [5, 5.41) is 11.3. The van der Waals surface area contributed by atoms with Gasteiger partial charge in [0.15, 0.2) is 11.5 Å². The summed E-state index contributed by atoms with van der Waals surface area (Å²) in [6.45, 7) is 6.14. The molecule has 1 saturated heterocycles. The maximum absolute atomic E-state index is 12.4. The van der Waals surface area contributed by atoms with Gasteiger partial charge in [-0.05, 0) is 36.8 Å². The number of amides is 1. The molecule has 6 heteroatoms. The molecule has 1 aliphatic heterocycles. The summed E-state index contributed by atoms with van der Waals surface area (Å²) >= 11 is 0. The average Bonchev–Trinajstić information content (AvgIpc) is 2.78. The maximum Gasteiger partial charge on any atom is 0.272 e. The van der Waals surface area contributed by atoms with E-state index in [4.69, 9.17) is 0 Å². The third kappa shape index (κ3) is 4.71. The standard InChI is InChI=1S/C23H25N5O/c1-18-6-5-7-19(16-18)17-24-23(29)21-10-11-22(26-25-21)28-14-12-27(13-15-28)20-8-3-2-4-9-20/h2-11,16H,12-15,17H2,1H3,(H,24,29). The van der Waals surface area contributed by atoms with E-state index in [9.17, 15) is 4.79 Å². The molecular weight excluding hydrogens is 362 g/mol. The molecule has 1 aromatic heterocycles. The number of anilines is 2. The molecule has 4 rings (SSSR count). The molecular formula is C23H25N5O. The number of para-hydroxylation sites is 1. The van der Waals surface area contributed by atoms with Crippen LogP contribution in [0.15, 0.2) is 66.7 Å². The van der Waals surface area contributed by atoms with Gasteiger partial charge in [0.25, 0.3) is 5.91 Å². The lowest BCUT2D eigenvalue weighted by atomic mass is 10.1. The lowest BCUT2D eigenvalue weighted by Gasteiger charge is -2.36. The number of aromatic nitrogens is 2. The first-order valence-corrected chi connectivity index (χ1v) is 9.91. The fraction of sp³-hybridized carbons (Fsp3) is 0.261. The van der Waals surface area contributed by atoms with Crippen LogP contribution in [-0.4, -0.2) is 42.3 Å². The number of carbonyl (C=O) groups excluding carboxylic acids is 1. The molecule has 0 aliphatic carbocycles. The Bertz CT molecular complexity index is 951. The Morgan fingerprint density at radius 1 is 0.897 bits per heavy atom. The van der Waals surface area contributed by atoms with E-state index in [1.54, 1.807) is 6.07 Å². The van der Waals surface area contributed by atoms with Crippen LogP contribution in [0.25, 0.3) is 0 Å². The van der Waals surface area contributed by atoms with E-state index >= 15 is 0 Å². The zero-order chi connectivity index (χ0) is 20.1. The Labute approximate surface area is 171 Å². The van der Waals surface area contributed by atoms with Gasteiger partial charge in [0, 0.05) is 38.4 Å². The third-order valence-electron chi connectivity index (χ3n) is 5.14. The van der Waals surface area contributed by atoms with E-state index in [1.807, 2.05) is 37.3 Å². The lowest BCUT2D eigenvalue weighted by Crippen LogP contribution is -2.46. The molecule has 2 aromatic carbocycles. The highest BCUT2D eigenvalue weighted by molar-refractivity contribution is 5.92. The Morgan fingerprint density at radius 2 is 1.66 bits per heavy atom. The topological polar surface area (TPSA) is 61.4 Å². The Morgan fingerprint density at radius 3 is 2.34 bits per heavy atom. The molecule has 3 aromatic rings. The van der Waals surface area contributed by atoms with Crippen LogP contribution >= 0.6 is 0 Å². The number of benzene rings is 2. The van der Waals surface area contributed by atoms with Crippen molar-refractivity contribution in [3.8, 4) is 0 Å². The van der Waals surface area contributed by atoms with Crippen molar-refractivity contribution in [3.63, 3.8) is 0 Å². The van der Waals surface area contributed by atoms with Crippen molar-refractivity contribution in [2.24, 2.45) is 0 Å². The van der Waals surface area contributed by atoms with Crippen molar-refractivity contribution in [1.82, 2.24) is 15.5 Å². The monoisotopic (exact) mass is 387 g/mol. The second kappa shape index (κ2) is 8.73. The molecule has 1 N–H and O–H groups in total. The molecule has 0 radical (unpaired) electrons. The van der Waals surface area contributed by atoms with Gasteiger partial charge < -0.3 is 15.1 Å². The summed E-state index contributed by atoms with van der Waals surface area (Å²) in [6.07, 6.45) is 0. The number of nitrogens with zero attached hydrogens (tertiary/aromatic N) is 4. The minimum atomic E-state index is -0.209. The van der Waals surface area contributed by atoms with Crippen molar-refractivity contribution < 1.29 is 4.79 Å². The summed E-state index contributed by atoms with van der Waals surface area (Å²) in [5.74, 6) is 0.604. The molecule has 2 heterocycles. The zero-order valence-corrected chi connectivity index (χ0v) is 16.6. The summed E-state index contributed by atoms with van der Waals surface area (Å²) in [4.78, 5) is 16.9. The summed E-state index contributed by atoms with van der Waals surface area (Å²) < 4.78 is 0. The third-order valence-corrected chi connectivity index (χ3v) is 5.14. The van der Waals surface area contributed by atoms with Crippen molar-refractivity contribution in [2.45, 2.75) is 13.5 Å². The molecule has 0 unspecified atom stereocenters. The zero-order valence-electron chi connectivity index (χ0n) is 16.6. The molecule has 6 nitrogen and oxygen atoms in total. The fourth-order valence-corrected chi connectivity index (χ4v) is 3.54. The van der Waals surface area contributed by atoms with Crippen molar-refractivity contribution >= 4 is 17.4 Å². The van der Waals surface area contributed by atoms with Crippen molar-refractivity contribution in [3.05, 3.63) is 83.6 Å². The average molecular weight is 387 g/mol. The fourth-order valence-electron chi connectivity index (χ4n) is 3.54. The first-order valence-electron chi connectivity index (χ1n) is 9.91. The number of piperazine rings is 1. The number of carbonyl (C=O) groups is 1. The molecule has 148 valence electrons. The Balaban J connectivity index is 1.31. The molecule has 1 aliphatic rings.